The number of phenolic OH excluding ortho intramolecular Hbond substituents is 1. The summed E-state index contributed by atoms with van der Waals surface area (Å²) in [5.74, 6) is 6.21. The number of nitroso groups, excluding NO2 is 1. The molecule has 150 valence electrons. The summed E-state index contributed by atoms with van der Waals surface area (Å²) in [7, 11) is 0. The van der Waals surface area contributed by atoms with E-state index in [9.17, 15) is 10.0 Å². The van der Waals surface area contributed by atoms with E-state index in [2.05, 4.69) is 71.7 Å². The Labute approximate surface area is 181 Å². The third-order valence-electron chi connectivity index (χ3n) is 6.21. The van der Waals surface area contributed by atoms with Crippen molar-refractivity contribution in [3.05, 3.63) is 124 Å². The topological polar surface area (TPSA) is 49.7 Å². The zero-order chi connectivity index (χ0) is 21.3. The maximum atomic E-state index is 11.2. The van der Waals surface area contributed by atoms with Crippen molar-refractivity contribution in [2.75, 3.05) is 0 Å². The van der Waals surface area contributed by atoms with Gasteiger partial charge in [-0.3, -0.25) is 0 Å². The Balaban J connectivity index is 1.86. The number of nitrogens with zero attached hydrogens (tertiary/aromatic N) is 1. The van der Waals surface area contributed by atoms with Crippen LogP contribution in [0.2, 0.25) is 0 Å². The molecule has 31 heavy (non-hydrogen) atoms. The van der Waals surface area contributed by atoms with Crippen molar-refractivity contribution in [3.8, 4) is 17.6 Å². The molecule has 0 heterocycles. The van der Waals surface area contributed by atoms with Gasteiger partial charge < -0.3 is 5.11 Å². The van der Waals surface area contributed by atoms with Gasteiger partial charge in [-0.2, -0.15) is 0 Å². The van der Waals surface area contributed by atoms with Gasteiger partial charge in [-0.15, -0.1) is 4.91 Å². The minimum atomic E-state index is -0.653. The monoisotopic (exact) mass is 403 g/mol. The number of phenols is 1. The van der Waals surface area contributed by atoms with Gasteiger partial charge in [-0.05, 0) is 63.2 Å². The standard InChI is InChI=1S/C28H21NO2/c30-23-18-15-21(16-19-23)28(20-8-4-5-9-22(29-31)17-14-20)26-12-3-1-2-10-24(26)25-11-6-7-13-27(25)28/h1-3,6-8,10-11,13-19,22,30H,4,12H2/b17-14-,20-8+. The minimum absolute atomic E-state index is 0.235. The van der Waals surface area contributed by atoms with Crippen LogP contribution in [0.1, 0.15) is 29.5 Å². The van der Waals surface area contributed by atoms with Gasteiger partial charge in [-0.1, -0.05) is 84.7 Å². The van der Waals surface area contributed by atoms with E-state index < -0.39 is 11.5 Å². The predicted octanol–water partition coefficient (Wildman–Crippen LogP) is 5.99. The molecule has 0 bridgehead atoms. The second kappa shape index (κ2) is 7.74. The van der Waals surface area contributed by atoms with Gasteiger partial charge in [0.25, 0.3) is 0 Å². The van der Waals surface area contributed by atoms with Gasteiger partial charge in [0.2, 0.25) is 0 Å². The molecule has 0 saturated heterocycles. The molecular formula is C28H21NO2. The van der Waals surface area contributed by atoms with E-state index in [4.69, 9.17) is 0 Å². The van der Waals surface area contributed by atoms with Gasteiger partial charge in [0, 0.05) is 6.42 Å². The number of aromatic hydroxyl groups is 1. The highest BCUT2D eigenvalue weighted by molar-refractivity contribution is 5.91. The van der Waals surface area contributed by atoms with Crippen molar-refractivity contribution >= 4 is 5.57 Å². The highest BCUT2D eigenvalue weighted by Gasteiger charge is 2.47. The van der Waals surface area contributed by atoms with Crippen molar-refractivity contribution in [3.63, 3.8) is 0 Å². The number of rotatable bonds is 3. The molecule has 0 saturated carbocycles. The SMILES string of the molecule is O=NC1C#CC/C=C(C2(c3ccc(O)cc3)C3=C(C=CC=CC3)c3ccccc32)\C=C/1. The first-order chi connectivity index (χ1) is 15.2. The fourth-order valence-corrected chi connectivity index (χ4v) is 4.95. The van der Waals surface area contributed by atoms with Crippen molar-refractivity contribution in [2.45, 2.75) is 24.3 Å². The van der Waals surface area contributed by atoms with E-state index in [1.54, 1.807) is 18.2 Å². The van der Waals surface area contributed by atoms with Gasteiger partial charge in [0.05, 0.1) is 5.41 Å². The van der Waals surface area contributed by atoms with E-state index in [0.717, 1.165) is 17.6 Å². The molecule has 0 amide bonds. The number of allylic oxidation sites excluding steroid dienone is 9. The quantitative estimate of drug-likeness (QED) is 0.506. The highest BCUT2D eigenvalue weighted by atomic mass is 16.3. The smallest absolute Gasteiger partial charge is 0.170 e. The van der Waals surface area contributed by atoms with Gasteiger partial charge in [0.15, 0.2) is 6.04 Å². The van der Waals surface area contributed by atoms with E-state index in [1.807, 2.05) is 18.2 Å². The van der Waals surface area contributed by atoms with Crippen LogP contribution in [0.5, 0.6) is 5.75 Å². The van der Waals surface area contributed by atoms with Gasteiger partial charge in [-0.25, -0.2) is 0 Å². The molecule has 0 radical (unpaired) electrons. The van der Waals surface area contributed by atoms with Crippen molar-refractivity contribution in [1.29, 1.82) is 0 Å². The van der Waals surface area contributed by atoms with Crippen LogP contribution in [0, 0.1) is 16.7 Å². The molecule has 0 aromatic heterocycles. The molecule has 5 rings (SSSR count). The predicted molar refractivity (Wildman–Crippen MR) is 124 cm³/mol. The lowest BCUT2D eigenvalue weighted by Crippen LogP contribution is -2.30. The Kier molecular flexibility index (Phi) is 4.76. The lowest BCUT2D eigenvalue weighted by molar-refractivity contribution is 0.474. The average molecular weight is 403 g/mol. The Morgan fingerprint density at radius 1 is 1.03 bits per heavy atom. The second-order valence-corrected chi connectivity index (χ2v) is 7.82. The van der Waals surface area contributed by atoms with Crippen molar-refractivity contribution in [2.24, 2.45) is 5.18 Å². The van der Waals surface area contributed by atoms with E-state index in [0.29, 0.717) is 6.42 Å². The molecule has 3 aliphatic rings. The van der Waals surface area contributed by atoms with Crippen LogP contribution in [0.25, 0.3) is 5.57 Å². The molecule has 3 aliphatic carbocycles. The molecule has 2 unspecified atom stereocenters. The molecule has 3 heteroatoms. The summed E-state index contributed by atoms with van der Waals surface area (Å²) in [6.07, 6.45) is 15.8. The van der Waals surface area contributed by atoms with Crippen LogP contribution in [0.15, 0.2) is 107 Å². The highest BCUT2D eigenvalue weighted by Crippen LogP contribution is 2.57. The fraction of sp³-hybridized carbons (Fsp3) is 0.143. The molecule has 2 atom stereocenters. The Morgan fingerprint density at radius 3 is 2.71 bits per heavy atom. The Hall–Kier alpha value is -3.90. The number of benzene rings is 2. The lowest BCUT2D eigenvalue weighted by atomic mass is 9.65. The minimum Gasteiger partial charge on any atom is -0.508 e. The Morgan fingerprint density at radius 2 is 1.87 bits per heavy atom. The molecule has 2 aromatic carbocycles. The first-order valence-electron chi connectivity index (χ1n) is 10.4. The van der Waals surface area contributed by atoms with Crippen LogP contribution in [0.4, 0.5) is 0 Å². The van der Waals surface area contributed by atoms with Crippen molar-refractivity contribution < 1.29 is 5.11 Å². The van der Waals surface area contributed by atoms with Crippen LogP contribution >= 0.6 is 0 Å². The number of hydrogen-bond donors (Lipinski definition) is 1. The first kappa shape index (κ1) is 19.1. The third-order valence-corrected chi connectivity index (χ3v) is 6.21. The molecule has 0 aliphatic heterocycles. The first-order valence-corrected chi connectivity index (χ1v) is 10.4. The summed E-state index contributed by atoms with van der Waals surface area (Å²) in [5, 5.41) is 13.1. The summed E-state index contributed by atoms with van der Waals surface area (Å²) in [6, 6.07) is 15.3. The normalized spacial score (nSPS) is 26.3. The molecule has 0 spiro atoms. The largest absolute Gasteiger partial charge is 0.508 e. The van der Waals surface area contributed by atoms with Crippen LogP contribution in [0.3, 0.4) is 0 Å². The maximum Gasteiger partial charge on any atom is 0.170 e. The maximum absolute atomic E-state index is 11.2. The van der Waals surface area contributed by atoms with E-state index in [1.165, 1.54) is 22.3 Å². The van der Waals surface area contributed by atoms with E-state index in [-0.39, 0.29) is 5.75 Å². The zero-order valence-corrected chi connectivity index (χ0v) is 17.0. The summed E-state index contributed by atoms with van der Waals surface area (Å²) < 4.78 is 0. The summed E-state index contributed by atoms with van der Waals surface area (Å²) in [6.45, 7) is 0. The number of hydrogen-bond acceptors (Lipinski definition) is 3. The fourth-order valence-electron chi connectivity index (χ4n) is 4.95. The van der Waals surface area contributed by atoms with Crippen LogP contribution < -0.4 is 0 Å². The molecule has 2 aromatic rings. The zero-order valence-electron chi connectivity index (χ0n) is 17.0. The number of fused-ring (bicyclic) bond motifs is 2. The Bertz CT molecular complexity index is 1260. The molecule has 1 N–H and O–H groups in total. The summed E-state index contributed by atoms with van der Waals surface area (Å²) >= 11 is 0. The summed E-state index contributed by atoms with van der Waals surface area (Å²) in [4.78, 5) is 11.2. The molecule has 0 fully saturated rings. The van der Waals surface area contributed by atoms with Gasteiger partial charge in [0.1, 0.15) is 5.75 Å². The molecular weight excluding hydrogens is 382 g/mol. The molecule has 3 nitrogen and oxygen atoms in total. The summed E-state index contributed by atoms with van der Waals surface area (Å²) in [5.41, 5.74) is 6.52. The van der Waals surface area contributed by atoms with E-state index >= 15 is 0 Å². The van der Waals surface area contributed by atoms with Crippen molar-refractivity contribution in [1.82, 2.24) is 0 Å². The second-order valence-electron chi connectivity index (χ2n) is 7.82. The van der Waals surface area contributed by atoms with Crippen LogP contribution in [-0.4, -0.2) is 11.1 Å². The lowest BCUT2D eigenvalue weighted by Gasteiger charge is -2.37. The van der Waals surface area contributed by atoms with Crippen LogP contribution in [-0.2, 0) is 5.41 Å². The van der Waals surface area contributed by atoms with Gasteiger partial charge >= 0.3 is 0 Å². The third kappa shape index (κ3) is 3.00. The average Bonchev–Trinajstić information content (AvgIpc) is 2.91.